The molecule has 1 atom stereocenters. The second-order valence-corrected chi connectivity index (χ2v) is 5.71. The highest BCUT2D eigenvalue weighted by Crippen LogP contribution is 2.27. The summed E-state index contributed by atoms with van der Waals surface area (Å²) in [6.07, 6.45) is 4.31. The van der Waals surface area contributed by atoms with Crippen molar-refractivity contribution in [1.82, 2.24) is 20.5 Å². The molecule has 2 heterocycles. The summed E-state index contributed by atoms with van der Waals surface area (Å²) in [4.78, 5) is 17.4. The van der Waals surface area contributed by atoms with Crippen LogP contribution in [0.1, 0.15) is 30.6 Å². The van der Waals surface area contributed by atoms with Crippen LogP contribution in [0, 0.1) is 0 Å². The molecule has 3 aromatic rings. The Morgan fingerprint density at radius 1 is 1.38 bits per heavy atom. The number of fused-ring (bicyclic) bond motifs is 1. The topological polar surface area (TPSA) is 79.9 Å². The van der Waals surface area contributed by atoms with Gasteiger partial charge in [0.15, 0.2) is 0 Å². The molecule has 24 heavy (non-hydrogen) atoms. The average molecular weight is 324 g/mol. The number of nitrogens with one attached hydrogen (secondary N) is 2. The normalized spacial score (nSPS) is 12.1. The lowest BCUT2D eigenvalue weighted by Gasteiger charge is -2.14. The van der Waals surface area contributed by atoms with E-state index in [1.807, 2.05) is 32.0 Å². The Morgan fingerprint density at radius 2 is 2.21 bits per heavy atom. The minimum Gasteiger partial charge on any atom is -0.497 e. The van der Waals surface area contributed by atoms with Crippen LogP contribution in [0.5, 0.6) is 5.75 Å². The minimum absolute atomic E-state index is 0.105. The van der Waals surface area contributed by atoms with Crippen molar-refractivity contribution in [2.45, 2.75) is 26.3 Å². The van der Waals surface area contributed by atoms with Gasteiger partial charge in [0.1, 0.15) is 5.75 Å². The maximum absolute atomic E-state index is 12.7. The lowest BCUT2D eigenvalue weighted by molar-refractivity contribution is 0.0941. The van der Waals surface area contributed by atoms with Crippen molar-refractivity contribution in [3.8, 4) is 17.0 Å². The van der Waals surface area contributed by atoms with Crippen molar-refractivity contribution in [1.29, 1.82) is 0 Å². The predicted octanol–water partition coefficient (Wildman–Crippen LogP) is 3.16. The van der Waals surface area contributed by atoms with Gasteiger partial charge in [-0.3, -0.25) is 9.89 Å². The van der Waals surface area contributed by atoms with Crippen LogP contribution in [0.4, 0.5) is 0 Å². The summed E-state index contributed by atoms with van der Waals surface area (Å²) in [5, 5.41) is 10.5. The minimum atomic E-state index is -0.105. The largest absolute Gasteiger partial charge is 0.497 e. The number of carbonyl (C=O) groups is 1. The van der Waals surface area contributed by atoms with E-state index >= 15 is 0 Å². The van der Waals surface area contributed by atoms with E-state index in [-0.39, 0.29) is 11.9 Å². The van der Waals surface area contributed by atoms with Crippen LogP contribution < -0.4 is 10.1 Å². The summed E-state index contributed by atoms with van der Waals surface area (Å²) < 4.78 is 5.28. The van der Waals surface area contributed by atoms with Crippen molar-refractivity contribution in [3.05, 3.63) is 42.2 Å². The van der Waals surface area contributed by atoms with Gasteiger partial charge >= 0.3 is 0 Å². The highest BCUT2D eigenvalue weighted by molar-refractivity contribution is 6.07. The van der Waals surface area contributed by atoms with Crippen LogP contribution in [0.25, 0.3) is 22.2 Å². The number of aromatic nitrogens is 3. The van der Waals surface area contributed by atoms with Crippen LogP contribution in [-0.2, 0) is 0 Å². The fourth-order valence-corrected chi connectivity index (χ4v) is 2.47. The predicted molar refractivity (Wildman–Crippen MR) is 93.1 cm³/mol. The number of benzene rings is 1. The van der Waals surface area contributed by atoms with E-state index in [0.29, 0.717) is 22.5 Å². The zero-order chi connectivity index (χ0) is 17.1. The first-order valence-corrected chi connectivity index (χ1v) is 7.91. The fraction of sp³-hybridized carbons (Fsp3) is 0.278. The molecule has 0 aliphatic carbocycles. The number of nitrogens with zero attached hydrogens (tertiary/aromatic N) is 2. The Morgan fingerprint density at radius 3 is 2.88 bits per heavy atom. The van der Waals surface area contributed by atoms with Crippen LogP contribution in [0.3, 0.4) is 0 Å². The molecular formula is C18H20N4O2. The molecule has 0 spiro atoms. The molecule has 2 aromatic heterocycles. The molecule has 0 aliphatic rings. The van der Waals surface area contributed by atoms with Crippen molar-refractivity contribution in [3.63, 3.8) is 0 Å². The first-order chi connectivity index (χ1) is 11.6. The van der Waals surface area contributed by atoms with Crippen molar-refractivity contribution in [2.24, 2.45) is 0 Å². The summed E-state index contributed by atoms with van der Waals surface area (Å²) in [5.41, 5.74) is 2.83. The number of rotatable bonds is 5. The number of amides is 1. The lowest BCUT2D eigenvalue weighted by Crippen LogP contribution is -2.32. The van der Waals surface area contributed by atoms with Crippen LogP contribution in [0.15, 0.2) is 36.7 Å². The zero-order valence-electron chi connectivity index (χ0n) is 14.0. The van der Waals surface area contributed by atoms with Gasteiger partial charge in [-0.1, -0.05) is 6.92 Å². The van der Waals surface area contributed by atoms with E-state index in [2.05, 4.69) is 20.5 Å². The fourth-order valence-electron chi connectivity index (χ4n) is 2.47. The number of hydrogen-bond acceptors (Lipinski definition) is 4. The molecule has 0 radical (unpaired) electrons. The Hall–Kier alpha value is -2.89. The van der Waals surface area contributed by atoms with Crippen LogP contribution >= 0.6 is 0 Å². The van der Waals surface area contributed by atoms with Crippen LogP contribution in [0.2, 0.25) is 0 Å². The monoisotopic (exact) mass is 324 g/mol. The van der Waals surface area contributed by atoms with Crippen molar-refractivity contribution in [2.75, 3.05) is 7.11 Å². The quantitative estimate of drug-likeness (QED) is 0.755. The number of H-pyrrole nitrogens is 1. The second-order valence-electron chi connectivity index (χ2n) is 5.71. The third-order valence-electron chi connectivity index (χ3n) is 4.05. The lowest BCUT2D eigenvalue weighted by atomic mass is 10.0. The van der Waals surface area contributed by atoms with Crippen molar-refractivity contribution >= 4 is 16.8 Å². The SMILES string of the molecule is CC[C@H](C)NC(=O)c1cc(-c2cn[nH]c2)nc2cc(OC)ccc12. The first-order valence-electron chi connectivity index (χ1n) is 7.91. The molecule has 3 rings (SSSR count). The number of aromatic amines is 1. The summed E-state index contributed by atoms with van der Waals surface area (Å²) in [6, 6.07) is 7.44. The molecule has 0 unspecified atom stereocenters. The van der Waals surface area contributed by atoms with Gasteiger partial charge in [-0.25, -0.2) is 4.98 Å². The number of hydrogen-bond donors (Lipinski definition) is 2. The van der Waals surface area contributed by atoms with E-state index in [0.717, 1.165) is 17.4 Å². The molecule has 0 fully saturated rings. The smallest absolute Gasteiger partial charge is 0.252 e. The standard InChI is InChI=1S/C18H20N4O2/c1-4-11(2)21-18(23)15-8-16(12-9-19-20-10-12)22-17-7-13(24-3)5-6-14(15)17/h5-11H,4H2,1-3H3,(H,19,20)(H,21,23)/t11-/m0/s1. The third kappa shape index (κ3) is 3.08. The van der Waals surface area contributed by atoms with E-state index in [1.54, 1.807) is 25.6 Å². The highest BCUT2D eigenvalue weighted by Gasteiger charge is 2.16. The molecule has 6 nitrogen and oxygen atoms in total. The zero-order valence-corrected chi connectivity index (χ0v) is 14.0. The Balaban J connectivity index is 2.16. The average Bonchev–Trinajstić information content (AvgIpc) is 3.14. The Bertz CT molecular complexity index is 859. The van der Waals surface area contributed by atoms with Gasteiger partial charge in [0.25, 0.3) is 5.91 Å². The van der Waals surface area contributed by atoms with Gasteiger partial charge in [-0.2, -0.15) is 5.10 Å². The van der Waals surface area contributed by atoms with Gasteiger partial charge < -0.3 is 10.1 Å². The Kier molecular flexibility index (Phi) is 4.46. The molecule has 1 aromatic carbocycles. The second kappa shape index (κ2) is 6.70. The maximum atomic E-state index is 12.7. The van der Waals surface area contributed by atoms with Crippen molar-refractivity contribution < 1.29 is 9.53 Å². The molecule has 124 valence electrons. The first kappa shape index (κ1) is 16.0. The molecule has 0 aliphatic heterocycles. The van der Waals surface area contributed by atoms with Gasteiger partial charge in [-0.05, 0) is 31.5 Å². The molecule has 0 bridgehead atoms. The molecule has 0 saturated carbocycles. The molecule has 0 saturated heterocycles. The maximum Gasteiger partial charge on any atom is 0.252 e. The van der Waals surface area contributed by atoms with E-state index in [4.69, 9.17) is 4.74 Å². The molecule has 2 N–H and O–H groups in total. The van der Waals surface area contributed by atoms with Gasteiger partial charge in [0.2, 0.25) is 0 Å². The Labute approximate surface area is 140 Å². The highest BCUT2D eigenvalue weighted by atomic mass is 16.5. The summed E-state index contributed by atoms with van der Waals surface area (Å²) in [6.45, 7) is 4.03. The van der Waals surface area contributed by atoms with Gasteiger partial charge in [0.05, 0.1) is 30.1 Å². The number of methoxy groups -OCH3 is 1. The van der Waals surface area contributed by atoms with E-state index < -0.39 is 0 Å². The molecule has 1 amide bonds. The van der Waals surface area contributed by atoms with E-state index in [9.17, 15) is 4.79 Å². The van der Waals surface area contributed by atoms with Gasteiger partial charge in [0, 0.05) is 29.3 Å². The summed E-state index contributed by atoms with van der Waals surface area (Å²) in [5.74, 6) is 0.597. The van der Waals surface area contributed by atoms with E-state index in [1.165, 1.54) is 0 Å². The van der Waals surface area contributed by atoms with Crippen LogP contribution in [-0.4, -0.2) is 34.2 Å². The van der Waals surface area contributed by atoms with Gasteiger partial charge in [-0.15, -0.1) is 0 Å². The number of pyridine rings is 1. The summed E-state index contributed by atoms with van der Waals surface area (Å²) in [7, 11) is 1.61. The number of carbonyl (C=O) groups excluding carboxylic acids is 1. The third-order valence-corrected chi connectivity index (χ3v) is 4.05. The number of ether oxygens (including phenoxy) is 1. The molecular weight excluding hydrogens is 304 g/mol. The molecule has 6 heteroatoms. The summed E-state index contributed by atoms with van der Waals surface area (Å²) >= 11 is 0.